The third kappa shape index (κ3) is 2.17. The molecule has 18 heavy (non-hydrogen) atoms. The van der Waals surface area contributed by atoms with Crippen LogP contribution < -0.4 is 4.74 Å². The van der Waals surface area contributed by atoms with Crippen LogP contribution in [0.15, 0.2) is 4.47 Å². The number of nitrogens with zero attached hydrogens (tertiary/aromatic N) is 4. The Bertz CT molecular complexity index is 559. The third-order valence-electron chi connectivity index (χ3n) is 1.77. The average Bonchev–Trinajstić information content (AvgIpc) is 2.26. The summed E-state index contributed by atoms with van der Waals surface area (Å²) in [4.78, 5) is 31.9. The van der Waals surface area contributed by atoms with Gasteiger partial charge in [-0.2, -0.15) is 0 Å². The van der Waals surface area contributed by atoms with Crippen LogP contribution in [-0.4, -0.2) is 26.9 Å². The first kappa shape index (κ1) is 13.7. The molecular formula is C6H3BrN4O7. The number of ether oxygens (including phenoxy) is 1. The summed E-state index contributed by atoms with van der Waals surface area (Å²) < 4.78 is 3.92. The summed E-state index contributed by atoms with van der Waals surface area (Å²) in [5, 5.41) is 32.0. The molecule has 0 aromatic carbocycles. The van der Waals surface area contributed by atoms with Crippen LogP contribution >= 0.6 is 15.9 Å². The first-order valence-corrected chi connectivity index (χ1v) is 4.81. The molecule has 0 aliphatic rings. The van der Waals surface area contributed by atoms with Crippen molar-refractivity contribution in [3.63, 3.8) is 0 Å². The normalized spacial score (nSPS) is 9.89. The molecule has 12 heteroatoms. The molecular weight excluding hydrogens is 320 g/mol. The minimum atomic E-state index is -1.11. The van der Waals surface area contributed by atoms with Crippen LogP contribution in [0.2, 0.25) is 0 Å². The molecule has 0 radical (unpaired) electrons. The van der Waals surface area contributed by atoms with Crippen molar-refractivity contribution < 1.29 is 19.5 Å². The minimum absolute atomic E-state index is 0.597. The van der Waals surface area contributed by atoms with E-state index >= 15 is 0 Å². The first-order chi connectivity index (χ1) is 8.31. The van der Waals surface area contributed by atoms with Gasteiger partial charge in [0.1, 0.15) is 0 Å². The van der Waals surface area contributed by atoms with Crippen LogP contribution in [0.1, 0.15) is 0 Å². The van der Waals surface area contributed by atoms with Crippen molar-refractivity contribution in [1.82, 2.24) is 4.98 Å². The number of pyridine rings is 1. The highest BCUT2D eigenvalue weighted by atomic mass is 79.9. The lowest BCUT2D eigenvalue weighted by Crippen LogP contribution is -2.05. The van der Waals surface area contributed by atoms with E-state index in [0.717, 1.165) is 7.11 Å². The maximum absolute atomic E-state index is 10.8. The van der Waals surface area contributed by atoms with Crippen LogP contribution in [0.3, 0.4) is 0 Å². The number of methoxy groups -OCH3 is 1. The Morgan fingerprint density at radius 1 is 1.06 bits per heavy atom. The topological polar surface area (TPSA) is 152 Å². The summed E-state index contributed by atoms with van der Waals surface area (Å²) in [6.45, 7) is 0. The second-order valence-corrected chi connectivity index (χ2v) is 3.52. The van der Waals surface area contributed by atoms with Gasteiger partial charge in [-0.25, -0.2) is 0 Å². The lowest BCUT2D eigenvalue weighted by molar-refractivity contribution is -0.412. The van der Waals surface area contributed by atoms with Crippen LogP contribution in [-0.2, 0) is 0 Å². The largest absolute Gasteiger partial charge is 0.484 e. The molecule has 1 aromatic rings. The van der Waals surface area contributed by atoms with Gasteiger partial charge in [-0.3, -0.25) is 10.1 Å². The standard InChI is InChI=1S/C6H3BrN4O7/c1-18-4-3(9(12)13)2(7)5(10(14)15)8-6(4)11(16)17/h1H3. The van der Waals surface area contributed by atoms with Gasteiger partial charge >= 0.3 is 17.3 Å². The quantitative estimate of drug-likeness (QED) is 0.598. The number of halogens is 1. The van der Waals surface area contributed by atoms with E-state index in [9.17, 15) is 30.3 Å². The Labute approximate surface area is 106 Å². The van der Waals surface area contributed by atoms with Gasteiger partial charge in [-0.15, -0.1) is 0 Å². The molecule has 0 fully saturated rings. The van der Waals surface area contributed by atoms with Gasteiger partial charge in [0.25, 0.3) is 5.75 Å². The highest BCUT2D eigenvalue weighted by Gasteiger charge is 2.38. The van der Waals surface area contributed by atoms with Crippen LogP contribution in [0, 0.1) is 30.3 Å². The Morgan fingerprint density at radius 3 is 1.89 bits per heavy atom. The van der Waals surface area contributed by atoms with E-state index < -0.39 is 42.3 Å². The third-order valence-corrected chi connectivity index (χ3v) is 2.50. The number of hydrogen-bond donors (Lipinski definition) is 0. The fourth-order valence-electron chi connectivity index (χ4n) is 1.11. The summed E-state index contributed by atoms with van der Waals surface area (Å²) in [6.07, 6.45) is 0. The van der Waals surface area contributed by atoms with Crippen molar-refractivity contribution in [2.24, 2.45) is 0 Å². The van der Waals surface area contributed by atoms with Gasteiger partial charge < -0.3 is 25.0 Å². The molecule has 0 saturated carbocycles. The van der Waals surface area contributed by atoms with Gasteiger partial charge in [-0.05, 0) is 25.8 Å². The summed E-state index contributed by atoms with van der Waals surface area (Å²) in [5.74, 6) is -2.89. The fourth-order valence-corrected chi connectivity index (χ4v) is 1.67. The SMILES string of the molecule is COc1c([N+](=O)[O-])nc([N+](=O)[O-])c(Br)c1[N+](=O)[O-]. The van der Waals surface area contributed by atoms with Crippen molar-refractivity contribution in [2.75, 3.05) is 7.11 Å². The van der Waals surface area contributed by atoms with Gasteiger partial charge in [0.05, 0.1) is 12.0 Å². The van der Waals surface area contributed by atoms with Crippen molar-refractivity contribution in [1.29, 1.82) is 0 Å². The molecule has 1 rings (SSSR count). The maximum atomic E-state index is 10.8. The Balaban J connectivity index is 3.81. The monoisotopic (exact) mass is 322 g/mol. The molecule has 0 amide bonds. The summed E-state index contributed by atoms with van der Waals surface area (Å²) in [5.41, 5.74) is -0.925. The molecule has 0 unspecified atom stereocenters. The summed E-state index contributed by atoms with van der Waals surface area (Å²) >= 11 is 2.61. The lowest BCUT2D eigenvalue weighted by Gasteiger charge is -2.04. The molecule has 11 nitrogen and oxygen atoms in total. The van der Waals surface area contributed by atoms with Crippen molar-refractivity contribution >= 4 is 33.3 Å². The second kappa shape index (κ2) is 4.87. The highest BCUT2D eigenvalue weighted by molar-refractivity contribution is 9.10. The number of rotatable bonds is 4. The minimum Gasteiger partial charge on any atom is -0.484 e. The Kier molecular flexibility index (Phi) is 3.70. The predicted molar refractivity (Wildman–Crippen MR) is 58.5 cm³/mol. The van der Waals surface area contributed by atoms with E-state index in [4.69, 9.17) is 0 Å². The fraction of sp³-hybridized carbons (Fsp3) is 0.167. The first-order valence-electron chi connectivity index (χ1n) is 4.01. The van der Waals surface area contributed by atoms with Crippen LogP contribution in [0.25, 0.3) is 0 Å². The summed E-state index contributed by atoms with van der Waals surface area (Å²) in [6, 6.07) is 0. The van der Waals surface area contributed by atoms with E-state index in [-0.39, 0.29) is 0 Å². The van der Waals surface area contributed by atoms with E-state index in [1.807, 2.05) is 0 Å². The predicted octanol–water partition coefficient (Wildman–Crippen LogP) is 1.58. The molecule has 96 valence electrons. The van der Waals surface area contributed by atoms with Crippen molar-refractivity contribution in [3.8, 4) is 5.75 Å². The van der Waals surface area contributed by atoms with Gasteiger partial charge in [-0.1, -0.05) is 0 Å². The van der Waals surface area contributed by atoms with Gasteiger partial charge in [0.2, 0.25) is 0 Å². The molecule has 0 aliphatic heterocycles. The lowest BCUT2D eigenvalue weighted by atomic mass is 10.3. The van der Waals surface area contributed by atoms with Crippen LogP contribution in [0.4, 0.5) is 17.3 Å². The maximum Gasteiger partial charge on any atom is 0.418 e. The Morgan fingerprint density at radius 2 is 1.56 bits per heavy atom. The van der Waals surface area contributed by atoms with E-state index in [1.165, 1.54) is 0 Å². The molecule has 0 spiro atoms. The zero-order valence-electron chi connectivity index (χ0n) is 8.52. The molecule has 0 aliphatic carbocycles. The van der Waals surface area contributed by atoms with E-state index in [1.54, 1.807) is 0 Å². The molecule has 0 saturated heterocycles. The van der Waals surface area contributed by atoms with E-state index in [2.05, 4.69) is 25.7 Å². The van der Waals surface area contributed by atoms with Crippen LogP contribution in [0.5, 0.6) is 5.75 Å². The highest BCUT2D eigenvalue weighted by Crippen LogP contribution is 2.44. The average molecular weight is 323 g/mol. The Hall–Kier alpha value is -2.37. The zero-order chi connectivity index (χ0) is 14.0. The number of hydrogen-bond acceptors (Lipinski definition) is 8. The number of nitro groups is 3. The van der Waals surface area contributed by atoms with Gasteiger partial charge in [0.15, 0.2) is 4.47 Å². The number of aromatic nitrogens is 1. The molecule has 1 heterocycles. The zero-order valence-corrected chi connectivity index (χ0v) is 10.1. The molecule has 0 atom stereocenters. The summed E-state index contributed by atoms with van der Waals surface area (Å²) in [7, 11) is 0.954. The van der Waals surface area contributed by atoms with Gasteiger partial charge in [0, 0.05) is 4.98 Å². The smallest absolute Gasteiger partial charge is 0.418 e. The molecule has 0 bridgehead atoms. The van der Waals surface area contributed by atoms with Crippen molar-refractivity contribution in [3.05, 3.63) is 34.8 Å². The molecule has 0 N–H and O–H groups in total. The molecule has 1 aromatic heterocycles. The second-order valence-electron chi connectivity index (χ2n) is 2.73. The van der Waals surface area contributed by atoms with Crippen molar-refractivity contribution in [2.45, 2.75) is 0 Å². The van der Waals surface area contributed by atoms with E-state index in [0.29, 0.717) is 0 Å².